The summed E-state index contributed by atoms with van der Waals surface area (Å²) in [4.78, 5) is 12.7. The van der Waals surface area contributed by atoms with Gasteiger partial charge in [0.15, 0.2) is 0 Å². The maximum absolute atomic E-state index is 10.7. The van der Waals surface area contributed by atoms with Gasteiger partial charge in [0.2, 0.25) is 0 Å². The molecule has 0 amide bonds. The number of nitrogens with zero attached hydrogens (tertiary/aromatic N) is 2. The van der Waals surface area contributed by atoms with Crippen LogP contribution in [-0.2, 0) is 13.0 Å². The molecule has 116 valence electrons. The number of benzene rings is 2. The van der Waals surface area contributed by atoms with Crippen molar-refractivity contribution in [2.24, 2.45) is 0 Å². The van der Waals surface area contributed by atoms with Gasteiger partial charge in [-0.25, -0.2) is 0 Å². The molecule has 0 fully saturated rings. The molecule has 0 bridgehead atoms. The van der Waals surface area contributed by atoms with Gasteiger partial charge in [-0.2, -0.15) is 0 Å². The molecule has 0 atom stereocenters. The van der Waals surface area contributed by atoms with E-state index in [1.54, 1.807) is 12.1 Å². The molecule has 0 spiro atoms. The van der Waals surface area contributed by atoms with E-state index in [1.165, 1.54) is 5.56 Å². The lowest BCUT2D eigenvalue weighted by Gasteiger charge is -2.21. The van der Waals surface area contributed by atoms with Crippen molar-refractivity contribution in [2.45, 2.75) is 26.3 Å². The smallest absolute Gasteiger partial charge is 0.269 e. The van der Waals surface area contributed by atoms with Crippen LogP contribution >= 0.6 is 0 Å². The van der Waals surface area contributed by atoms with Crippen LogP contribution in [0.2, 0.25) is 0 Å². The average Bonchev–Trinajstić information content (AvgIpc) is 2.54. The molecule has 2 rings (SSSR count). The summed E-state index contributed by atoms with van der Waals surface area (Å²) in [6.07, 6.45) is 2.03. The van der Waals surface area contributed by atoms with Crippen LogP contribution in [0.5, 0.6) is 0 Å². The van der Waals surface area contributed by atoms with E-state index in [-0.39, 0.29) is 10.6 Å². The summed E-state index contributed by atoms with van der Waals surface area (Å²) in [5, 5.41) is 10.7. The fraction of sp³-hybridized carbons (Fsp3) is 0.333. The Bertz CT molecular complexity index is 582. The van der Waals surface area contributed by atoms with Crippen LogP contribution in [0.1, 0.15) is 24.5 Å². The molecule has 0 aliphatic carbocycles. The van der Waals surface area contributed by atoms with Crippen molar-refractivity contribution in [3.63, 3.8) is 0 Å². The first kappa shape index (κ1) is 16.2. The Kier molecular flexibility index (Phi) is 6.10. The van der Waals surface area contributed by atoms with E-state index in [9.17, 15) is 10.1 Å². The number of hydrogen-bond donors (Lipinski definition) is 0. The van der Waals surface area contributed by atoms with Gasteiger partial charge in [0.05, 0.1) is 4.92 Å². The van der Waals surface area contributed by atoms with Gasteiger partial charge >= 0.3 is 0 Å². The molecule has 0 N–H and O–H groups in total. The van der Waals surface area contributed by atoms with Crippen LogP contribution in [0.4, 0.5) is 5.69 Å². The largest absolute Gasteiger partial charge is 0.299 e. The fourth-order valence-corrected chi connectivity index (χ4v) is 2.50. The normalized spacial score (nSPS) is 10.8. The minimum absolute atomic E-state index is 0.151. The number of nitro benzene ring substituents is 1. The highest BCUT2D eigenvalue weighted by Gasteiger charge is 2.07. The monoisotopic (exact) mass is 298 g/mol. The predicted molar refractivity (Wildman–Crippen MR) is 88.8 cm³/mol. The van der Waals surface area contributed by atoms with Crippen molar-refractivity contribution in [3.05, 3.63) is 75.8 Å². The van der Waals surface area contributed by atoms with Crippen LogP contribution in [0.3, 0.4) is 0 Å². The Labute approximate surface area is 131 Å². The third-order valence-corrected chi connectivity index (χ3v) is 3.65. The van der Waals surface area contributed by atoms with Crippen LogP contribution < -0.4 is 0 Å². The van der Waals surface area contributed by atoms with E-state index >= 15 is 0 Å². The molecular weight excluding hydrogens is 276 g/mol. The molecule has 4 nitrogen and oxygen atoms in total. The molecule has 0 heterocycles. The predicted octanol–water partition coefficient (Wildman–Crippen LogP) is 4.05. The Hall–Kier alpha value is -2.20. The number of non-ortho nitro benzene ring substituents is 1. The quantitative estimate of drug-likeness (QED) is 0.545. The van der Waals surface area contributed by atoms with Crippen LogP contribution in [0.25, 0.3) is 0 Å². The highest BCUT2D eigenvalue weighted by Crippen LogP contribution is 2.13. The zero-order chi connectivity index (χ0) is 15.8. The number of nitro groups is 1. The van der Waals surface area contributed by atoms with E-state index in [4.69, 9.17) is 0 Å². The second-order valence-corrected chi connectivity index (χ2v) is 5.44. The summed E-state index contributed by atoms with van der Waals surface area (Å²) in [5.41, 5.74) is 2.61. The first-order valence-electron chi connectivity index (χ1n) is 7.68. The summed E-state index contributed by atoms with van der Waals surface area (Å²) in [5.74, 6) is 0. The maximum atomic E-state index is 10.7. The van der Waals surface area contributed by atoms with Gasteiger partial charge < -0.3 is 0 Å². The number of hydrogen-bond acceptors (Lipinski definition) is 3. The van der Waals surface area contributed by atoms with Gasteiger partial charge in [0, 0.05) is 25.2 Å². The summed E-state index contributed by atoms with van der Waals surface area (Å²) < 4.78 is 0. The molecule has 0 aromatic heterocycles. The second-order valence-electron chi connectivity index (χ2n) is 5.44. The molecule has 2 aromatic rings. The lowest BCUT2D eigenvalue weighted by atomic mass is 10.1. The van der Waals surface area contributed by atoms with Crippen molar-refractivity contribution in [3.8, 4) is 0 Å². The molecule has 0 saturated carbocycles. The van der Waals surface area contributed by atoms with E-state index < -0.39 is 0 Å². The van der Waals surface area contributed by atoms with Gasteiger partial charge in [-0.05, 0) is 30.5 Å². The third-order valence-electron chi connectivity index (χ3n) is 3.65. The Balaban J connectivity index is 1.92. The molecule has 0 unspecified atom stereocenters. The fourth-order valence-electron chi connectivity index (χ4n) is 2.50. The van der Waals surface area contributed by atoms with Crippen LogP contribution in [-0.4, -0.2) is 22.9 Å². The van der Waals surface area contributed by atoms with Gasteiger partial charge in [0.1, 0.15) is 0 Å². The highest BCUT2D eigenvalue weighted by atomic mass is 16.6. The van der Waals surface area contributed by atoms with Crippen LogP contribution in [0, 0.1) is 10.1 Å². The molecule has 0 aliphatic rings. The topological polar surface area (TPSA) is 46.4 Å². The van der Waals surface area contributed by atoms with Crippen molar-refractivity contribution < 1.29 is 4.92 Å². The van der Waals surface area contributed by atoms with Crippen molar-refractivity contribution >= 4 is 5.69 Å². The lowest BCUT2D eigenvalue weighted by Crippen LogP contribution is -2.26. The van der Waals surface area contributed by atoms with Gasteiger partial charge in [0.25, 0.3) is 5.69 Å². The molecule has 4 heteroatoms. The summed E-state index contributed by atoms with van der Waals surface area (Å²) >= 11 is 0. The first-order valence-corrected chi connectivity index (χ1v) is 7.68. The van der Waals surface area contributed by atoms with E-state index in [0.717, 1.165) is 38.0 Å². The van der Waals surface area contributed by atoms with Gasteiger partial charge in [-0.3, -0.25) is 15.0 Å². The number of rotatable bonds is 8. The third kappa shape index (κ3) is 4.97. The second kappa shape index (κ2) is 8.29. The minimum atomic E-state index is -0.359. The molecule has 0 saturated heterocycles. The van der Waals surface area contributed by atoms with Crippen LogP contribution in [0.15, 0.2) is 54.6 Å². The SMILES string of the molecule is CCCN(CCc1ccc([N+](=O)[O-])cc1)Cc1ccccc1. The molecular formula is C18H22N2O2. The summed E-state index contributed by atoms with van der Waals surface area (Å²) in [6.45, 7) is 5.15. The Morgan fingerprint density at radius 1 is 0.955 bits per heavy atom. The van der Waals surface area contributed by atoms with Gasteiger partial charge in [-0.15, -0.1) is 0 Å². The standard InChI is InChI=1S/C18H22N2O2/c1-2-13-19(15-17-6-4-3-5-7-17)14-12-16-8-10-18(11-9-16)20(21)22/h3-11H,2,12-15H2,1H3. The molecule has 0 radical (unpaired) electrons. The Morgan fingerprint density at radius 3 is 2.23 bits per heavy atom. The molecule has 22 heavy (non-hydrogen) atoms. The maximum Gasteiger partial charge on any atom is 0.269 e. The molecule has 2 aromatic carbocycles. The van der Waals surface area contributed by atoms with E-state index in [0.29, 0.717) is 0 Å². The highest BCUT2D eigenvalue weighted by molar-refractivity contribution is 5.32. The zero-order valence-corrected chi connectivity index (χ0v) is 12.9. The zero-order valence-electron chi connectivity index (χ0n) is 12.9. The molecule has 0 aliphatic heterocycles. The summed E-state index contributed by atoms with van der Waals surface area (Å²) in [6, 6.07) is 17.3. The summed E-state index contributed by atoms with van der Waals surface area (Å²) in [7, 11) is 0. The average molecular weight is 298 g/mol. The van der Waals surface area contributed by atoms with E-state index in [2.05, 4.69) is 36.1 Å². The van der Waals surface area contributed by atoms with Crippen molar-refractivity contribution in [1.29, 1.82) is 0 Å². The van der Waals surface area contributed by atoms with Gasteiger partial charge in [-0.1, -0.05) is 49.4 Å². The first-order chi connectivity index (χ1) is 10.7. The van der Waals surface area contributed by atoms with Crippen molar-refractivity contribution in [2.75, 3.05) is 13.1 Å². The lowest BCUT2D eigenvalue weighted by molar-refractivity contribution is -0.384. The van der Waals surface area contributed by atoms with Crippen molar-refractivity contribution in [1.82, 2.24) is 4.90 Å². The van der Waals surface area contributed by atoms with E-state index in [1.807, 2.05) is 18.2 Å². The Morgan fingerprint density at radius 2 is 1.64 bits per heavy atom. The minimum Gasteiger partial charge on any atom is -0.299 e.